The first-order chi connectivity index (χ1) is 5.15. The van der Waals surface area contributed by atoms with Gasteiger partial charge in [-0.05, 0) is 57.3 Å². The average Bonchev–Trinajstić information content (AvgIpc) is 1.97. The predicted octanol–water partition coefficient (Wildman–Crippen LogP) is 3.56. The second-order valence-electron chi connectivity index (χ2n) is 1.90. The van der Waals surface area contributed by atoms with Crippen molar-refractivity contribution in [3.8, 4) is 5.75 Å². The van der Waals surface area contributed by atoms with E-state index < -0.39 is 0 Å². The van der Waals surface area contributed by atoms with E-state index in [4.69, 9.17) is 16.3 Å². The van der Waals surface area contributed by atoms with Crippen molar-refractivity contribution in [2.45, 2.75) is 0 Å². The SMILES string of the molecule is COc1cc(I)c(Cl)cc1I. The average molecular weight is 394 g/mol. The maximum Gasteiger partial charge on any atom is 0.133 e. The molecule has 1 nitrogen and oxygen atoms in total. The van der Waals surface area contributed by atoms with Crippen LogP contribution in [0.1, 0.15) is 0 Å². The van der Waals surface area contributed by atoms with Crippen LogP contribution in [0, 0.1) is 7.14 Å². The minimum absolute atomic E-state index is 0.774. The molecule has 0 fully saturated rings. The molecule has 0 saturated carbocycles. The van der Waals surface area contributed by atoms with Crippen LogP contribution in [0.3, 0.4) is 0 Å². The predicted molar refractivity (Wildman–Crippen MR) is 63.4 cm³/mol. The van der Waals surface area contributed by atoms with Crippen LogP contribution < -0.4 is 4.74 Å². The summed E-state index contributed by atoms with van der Waals surface area (Å²) >= 11 is 10.2. The molecular weight excluding hydrogens is 389 g/mol. The quantitative estimate of drug-likeness (QED) is 0.523. The zero-order valence-corrected chi connectivity index (χ0v) is 10.8. The van der Waals surface area contributed by atoms with Crippen molar-refractivity contribution in [3.63, 3.8) is 0 Å². The van der Waals surface area contributed by atoms with Gasteiger partial charge in [0.05, 0.1) is 15.7 Å². The molecule has 60 valence electrons. The Morgan fingerprint density at radius 3 is 2.45 bits per heavy atom. The van der Waals surface area contributed by atoms with E-state index in [0.29, 0.717) is 0 Å². The van der Waals surface area contributed by atoms with E-state index in [1.54, 1.807) is 7.11 Å². The Bertz CT molecular complexity index is 275. The molecule has 1 aromatic carbocycles. The smallest absolute Gasteiger partial charge is 0.133 e. The van der Waals surface area contributed by atoms with Crippen LogP contribution >= 0.6 is 56.8 Å². The van der Waals surface area contributed by atoms with E-state index in [0.717, 1.165) is 17.9 Å². The lowest BCUT2D eigenvalue weighted by Gasteiger charge is -2.04. The van der Waals surface area contributed by atoms with Crippen molar-refractivity contribution in [2.75, 3.05) is 7.11 Å². The van der Waals surface area contributed by atoms with E-state index in [1.165, 1.54) is 0 Å². The molecule has 0 atom stereocenters. The Morgan fingerprint density at radius 1 is 1.27 bits per heavy atom. The lowest BCUT2D eigenvalue weighted by molar-refractivity contribution is 0.411. The normalized spacial score (nSPS) is 9.82. The summed E-state index contributed by atoms with van der Waals surface area (Å²) in [7, 11) is 1.65. The third kappa shape index (κ3) is 2.35. The minimum atomic E-state index is 0.774. The van der Waals surface area contributed by atoms with Gasteiger partial charge in [-0.15, -0.1) is 0 Å². The molecule has 0 saturated heterocycles. The van der Waals surface area contributed by atoms with Crippen LogP contribution in [0.5, 0.6) is 5.75 Å². The molecule has 0 aliphatic rings. The van der Waals surface area contributed by atoms with Crippen molar-refractivity contribution in [1.82, 2.24) is 0 Å². The van der Waals surface area contributed by atoms with E-state index in [1.807, 2.05) is 12.1 Å². The molecule has 0 heterocycles. The molecule has 1 rings (SSSR count). The summed E-state index contributed by atoms with van der Waals surface area (Å²) in [6.45, 7) is 0. The van der Waals surface area contributed by atoms with Gasteiger partial charge < -0.3 is 4.74 Å². The van der Waals surface area contributed by atoms with Crippen molar-refractivity contribution >= 4 is 56.8 Å². The molecular formula is C7H5ClI2O. The van der Waals surface area contributed by atoms with Gasteiger partial charge in [0, 0.05) is 3.57 Å². The van der Waals surface area contributed by atoms with Gasteiger partial charge >= 0.3 is 0 Å². The fraction of sp³-hybridized carbons (Fsp3) is 0.143. The molecule has 4 heteroatoms. The highest BCUT2D eigenvalue weighted by atomic mass is 127. The molecule has 0 N–H and O–H groups in total. The molecule has 0 aliphatic heterocycles. The van der Waals surface area contributed by atoms with Crippen LogP contribution in [0.4, 0.5) is 0 Å². The summed E-state index contributed by atoms with van der Waals surface area (Å²) in [5, 5.41) is 0.774. The molecule has 0 radical (unpaired) electrons. The van der Waals surface area contributed by atoms with Gasteiger partial charge in [-0.3, -0.25) is 0 Å². The monoisotopic (exact) mass is 394 g/mol. The second-order valence-corrected chi connectivity index (χ2v) is 4.63. The Kier molecular flexibility index (Phi) is 3.70. The number of methoxy groups -OCH3 is 1. The van der Waals surface area contributed by atoms with E-state index >= 15 is 0 Å². The van der Waals surface area contributed by atoms with Crippen LogP contribution in [0.15, 0.2) is 12.1 Å². The van der Waals surface area contributed by atoms with E-state index in [9.17, 15) is 0 Å². The fourth-order valence-electron chi connectivity index (χ4n) is 0.661. The summed E-state index contributed by atoms with van der Waals surface area (Å²) in [5.41, 5.74) is 0. The first-order valence-corrected chi connectivity index (χ1v) is 5.37. The first kappa shape index (κ1) is 9.85. The largest absolute Gasteiger partial charge is 0.496 e. The molecule has 0 unspecified atom stereocenters. The molecule has 0 aliphatic carbocycles. The Hall–Kier alpha value is 0.770. The van der Waals surface area contributed by atoms with Gasteiger partial charge in [0.2, 0.25) is 0 Å². The number of halogens is 3. The number of hydrogen-bond acceptors (Lipinski definition) is 1. The lowest BCUT2D eigenvalue weighted by atomic mass is 10.3. The van der Waals surface area contributed by atoms with Crippen molar-refractivity contribution in [2.24, 2.45) is 0 Å². The fourth-order valence-corrected chi connectivity index (χ4v) is 2.13. The van der Waals surface area contributed by atoms with Gasteiger partial charge in [-0.25, -0.2) is 0 Å². The van der Waals surface area contributed by atoms with Crippen LogP contribution in [-0.4, -0.2) is 7.11 Å². The number of rotatable bonds is 1. The van der Waals surface area contributed by atoms with Crippen molar-refractivity contribution < 1.29 is 4.74 Å². The van der Waals surface area contributed by atoms with Gasteiger partial charge in [-0.1, -0.05) is 11.6 Å². The summed E-state index contributed by atoms with van der Waals surface area (Å²) in [4.78, 5) is 0. The van der Waals surface area contributed by atoms with Crippen LogP contribution in [0.2, 0.25) is 5.02 Å². The maximum absolute atomic E-state index is 5.88. The molecule has 1 aromatic rings. The van der Waals surface area contributed by atoms with E-state index in [-0.39, 0.29) is 0 Å². The third-order valence-corrected chi connectivity index (χ3v) is 3.56. The third-order valence-electron chi connectivity index (χ3n) is 1.19. The lowest BCUT2D eigenvalue weighted by Crippen LogP contribution is -1.87. The van der Waals surface area contributed by atoms with E-state index in [2.05, 4.69) is 45.2 Å². The molecule has 0 bridgehead atoms. The van der Waals surface area contributed by atoms with Crippen molar-refractivity contribution in [3.05, 3.63) is 24.3 Å². The zero-order valence-electron chi connectivity index (χ0n) is 5.70. The zero-order chi connectivity index (χ0) is 8.43. The second kappa shape index (κ2) is 4.13. The highest BCUT2D eigenvalue weighted by Gasteiger charge is 2.03. The first-order valence-electron chi connectivity index (χ1n) is 2.83. The van der Waals surface area contributed by atoms with Gasteiger partial charge in [0.1, 0.15) is 5.75 Å². The van der Waals surface area contributed by atoms with Crippen LogP contribution in [-0.2, 0) is 0 Å². The molecule has 11 heavy (non-hydrogen) atoms. The van der Waals surface area contributed by atoms with Gasteiger partial charge in [-0.2, -0.15) is 0 Å². The Morgan fingerprint density at radius 2 is 1.91 bits per heavy atom. The summed E-state index contributed by atoms with van der Waals surface area (Å²) < 4.78 is 7.16. The molecule has 0 amide bonds. The number of benzene rings is 1. The van der Waals surface area contributed by atoms with Gasteiger partial charge in [0.25, 0.3) is 0 Å². The number of hydrogen-bond donors (Lipinski definition) is 0. The Balaban J connectivity index is 3.21. The van der Waals surface area contributed by atoms with Crippen LogP contribution in [0.25, 0.3) is 0 Å². The summed E-state index contributed by atoms with van der Waals surface area (Å²) in [5.74, 6) is 0.874. The highest BCUT2D eigenvalue weighted by molar-refractivity contribution is 14.1. The molecule has 0 aromatic heterocycles. The van der Waals surface area contributed by atoms with Gasteiger partial charge in [0.15, 0.2) is 0 Å². The standard InChI is InChI=1S/C7H5ClI2O/c1-11-7-3-5(9)4(8)2-6(7)10/h2-3H,1H3. The highest BCUT2D eigenvalue weighted by Crippen LogP contribution is 2.28. The maximum atomic E-state index is 5.88. The Labute approximate surface area is 97.7 Å². The number of ether oxygens (including phenoxy) is 1. The van der Waals surface area contributed by atoms with Crippen molar-refractivity contribution in [1.29, 1.82) is 0 Å². The summed E-state index contributed by atoms with van der Waals surface area (Å²) in [6, 6.07) is 3.81. The molecule has 0 spiro atoms. The summed E-state index contributed by atoms with van der Waals surface area (Å²) in [6.07, 6.45) is 0. The minimum Gasteiger partial charge on any atom is -0.496 e. The topological polar surface area (TPSA) is 9.23 Å².